The Bertz CT molecular complexity index is 587. The fraction of sp³-hybridized carbons (Fsp3) is 0.143. The first kappa shape index (κ1) is 14.0. The molecule has 1 aromatic carbocycles. The number of benzene rings is 1. The monoisotopic (exact) mass is 276 g/mol. The number of nitrogens with zero attached hydrogens (tertiary/aromatic N) is 1. The molecule has 0 saturated carbocycles. The standard InChI is InChI=1S/C14H13FN2O3/c15-11-1-3-12(4-2-11)20-14-7-10(5-6-16-14)8-17-13(19)9-18/h1-7,18H,8-9H2,(H,17,19). The molecule has 6 heteroatoms. The molecule has 1 amide bonds. The van der Waals surface area contributed by atoms with Crippen LogP contribution in [0.3, 0.4) is 0 Å². The highest BCUT2D eigenvalue weighted by Crippen LogP contribution is 2.20. The zero-order chi connectivity index (χ0) is 14.4. The molecule has 0 saturated heterocycles. The predicted molar refractivity (Wildman–Crippen MR) is 69.6 cm³/mol. The highest BCUT2D eigenvalue weighted by atomic mass is 19.1. The zero-order valence-corrected chi connectivity index (χ0v) is 10.5. The van der Waals surface area contributed by atoms with Gasteiger partial charge < -0.3 is 15.2 Å². The van der Waals surface area contributed by atoms with E-state index in [1.54, 1.807) is 18.3 Å². The Kier molecular flexibility index (Phi) is 4.62. The van der Waals surface area contributed by atoms with Gasteiger partial charge in [-0.3, -0.25) is 4.79 Å². The fourth-order valence-electron chi connectivity index (χ4n) is 1.50. The number of ether oxygens (including phenoxy) is 1. The summed E-state index contributed by atoms with van der Waals surface area (Å²) in [5.74, 6) is 0.0105. The number of hydrogen-bond donors (Lipinski definition) is 2. The van der Waals surface area contributed by atoms with Crippen molar-refractivity contribution in [3.8, 4) is 11.6 Å². The van der Waals surface area contributed by atoms with Crippen LogP contribution in [0.15, 0.2) is 42.6 Å². The second kappa shape index (κ2) is 6.63. The van der Waals surface area contributed by atoms with Crippen LogP contribution in [0.4, 0.5) is 4.39 Å². The molecule has 0 atom stereocenters. The molecule has 0 aliphatic rings. The molecule has 0 aliphatic carbocycles. The average Bonchev–Trinajstić information content (AvgIpc) is 2.47. The van der Waals surface area contributed by atoms with Crippen molar-refractivity contribution in [1.82, 2.24) is 10.3 Å². The molecule has 2 aromatic rings. The molecule has 0 bridgehead atoms. The largest absolute Gasteiger partial charge is 0.439 e. The molecule has 0 spiro atoms. The summed E-state index contributed by atoms with van der Waals surface area (Å²) in [6, 6.07) is 8.95. The Hall–Kier alpha value is -2.47. The number of amides is 1. The maximum absolute atomic E-state index is 12.8. The Morgan fingerprint density at radius 3 is 2.75 bits per heavy atom. The van der Waals surface area contributed by atoms with Crippen molar-refractivity contribution in [3.05, 3.63) is 54.0 Å². The van der Waals surface area contributed by atoms with Crippen molar-refractivity contribution < 1.29 is 19.0 Å². The number of hydrogen-bond acceptors (Lipinski definition) is 4. The molecule has 0 radical (unpaired) electrons. The summed E-state index contributed by atoms with van der Waals surface area (Å²) in [7, 11) is 0. The minimum absolute atomic E-state index is 0.266. The molecule has 1 aromatic heterocycles. The van der Waals surface area contributed by atoms with Crippen LogP contribution in [0.1, 0.15) is 5.56 Å². The van der Waals surface area contributed by atoms with Crippen LogP contribution >= 0.6 is 0 Å². The number of pyridine rings is 1. The van der Waals surface area contributed by atoms with E-state index in [-0.39, 0.29) is 12.4 Å². The molecular weight excluding hydrogens is 263 g/mol. The predicted octanol–water partition coefficient (Wildman–Crippen LogP) is 1.62. The Morgan fingerprint density at radius 1 is 1.30 bits per heavy atom. The zero-order valence-electron chi connectivity index (χ0n) is 10.5. The van der Waals surface area contributed by atoms with E-state index < -0.39 is 12.5 Å². The quantitative estimate of drug-likeness (QED) is 0.870. The second-order valence-electron chi connectivity index (χ2n) is 3.99. The number of carbonyl (C=O) groups is 1. The Labute approximate surface area is 115 Å². The Morgan fingerprint density at radius 2 is 2.05 bits per heavy atom. The number of carbonyl (C=O) groups excluding carboxylic acids is 1. The van der Waals surface area contributed by atoms with E-state index >= 15 is 0 Å². The lowest BCUT2D eigenvalue weighted by atomic mass is 10.2. The van der Waals surface area contributed by atoms with Crippen LogP contribution in [0.5, 0.6) is 11.6 Å². The molecule has 2 N–H and O–H groups in total. The van der Waals surface area contributed by atoms with Crippen LogP contribution in [-0.4, -0.2) is 22.6 Å². The molecule has 104 valence electrons. The minimum Gasteiger partial charge on any atom is -0.439 e. The summed E-state index contributed by atoms with van der Waals surface area (Å²) < 4.78 is 18.2. The van der Waals surface area contributed by atoms with Gasteiger partial charge >= 0.3 is 0 Å². The maximum atomic E-state index is 12.8. The van der Waals surface area contributed by atoms with Gasteiger partial charge in [0.1, 0.15) is 18.2 Å². The fourth-order valence-corrected chi connectivity index (χ4v) is 1.50. The SMILES string of the molecule is O=C(CO)NCc1ccnc(Oc2ccc(F)cc2)c1. The van der Waals surface area contributed by atoms with E-state index in [1.165, 1.54) is 24.3 Å². The molecule has 2 rings (SSSR count). The van der Waals surface area contributed by atoms with Gasteiger partial charge in [0.2, 0.25) is 11.8 Å². The number of aliphatic hydroxyl groups is 1. The van der Waals surface area contributed by atoms with Gasteiger partial charge in [0.15, 0.2) is 0 Å². The normalized spacial score (nSPS) is 10.1. The number of rotatable bonds is 5. The lowest BCUT2D eigenvalue weighted by Gasteiger charge is -2.07. The lowest BCUT2D eigenvalue weighted by molar-refractivity contribution is -0.123. The summed E-state index contributed by atoms with van der Waals surface area (Å²) in [5.41, 5.74) is 0.777. The highest BCUT2D eigenvalue weighted by Gasteiger charge is 2.03. The highest BCUT2D eigenvalue weighted by molar-refractivity contribution is 5.76. The van der Waals surface area contributed by atoms with Crippen LogP contribution in [0.2, 0.25) is 0 Å². The molecule has 0 aliphatic heterocycles. The molecule has 0 unspecified atom stereocenters. The number of aromatic nitrogens is 1. The van der Waals surface area contributed by atoms with E-state index in [0.29, 0.717) is 11.6 Å². The lowest BCUT2D eigenvalue weighted by Crippen LogP contribution is -2.25. The van der Waals surface area contributed by atoms with Gasteiger partial charge in [-0.2, -0.15) is 0 Å². The third-order valence-electron chi connectivity index (χ3n) is 2.47. The van der Waals surface area contributed by atoms with Gasteiger partial charge in [0.05, 0.1) is 0 Å². The van der Waals surface area contributed by atoms with E-state index in [4.69, 9.17) is 9.84 Å². The van der Waals surface area contributed by atoms with Crippen molar-refractivity contribution in [2.45, 2.75) is 6.54 Å². The first-order valence-electron chi connectivity index (χ1n) is 5.93. The second-order valence-corrected chi connectivity index (χ2v) is 3.99. The summed E-state index contributed by atoms with van der Waals surface area (Å²) in [4.78, 5) is 15.0. The van der Waals surface area contributed by atoms with Gasteiger partial charge in [-0.15, -0.1) is 0 Å². The summed E-state index contributed by atoms with van der Waals surface area (Å²) in [6.45, 7) is -0.286. The molecular formula is C14H13FN2O3. The Balaban J connectivity index is 2.02. The topological polar surface area (TPSA) is 71.5 Å². The minimum atomic E-state index is -0.552. The number of halogens is 1. The van der Waals surface area contributed by atoms with Crippen molar-refractivity contribution in [1.29, 1.82) is 0 Å². The van der Waals surface area contributed by atoms with Crippen molar-refractivity contribution in [2.24, 2.45) is 0 Å². The smallest absolute Gasteiger partial charge is 0.245 e. The van der Waals surface area contributed by atoms with E-state index in [9.17, 15) is 9.18 Å². The van der Waals surface area contributed by atoms with E-state index in [2.05, 4.69) is 10.3 Å². The summed E-state index contributed by atoms with van der Waals surface area (Å²) >= 11 is 0. The van der Waals surface area contributed by atoms with Gasteiger partial charge in [0, 0.05) is 18.8 Å². The van der Waals surface area contributed by atoms with Gasteiger partial charge in [0.25, 0.3) is 0 Å². The van der Waals surface area contributed by atoms with Gasteiger partial charge in [-0.1, -0.05) is 0 Å². The number of nitrogens with one attached hydrogen (secondary N) is 1. The summed E-state index contributed by atoms with van der Waals surface area (Å²) in [6.07, 6.45) is 1.54. The van der Waals surface area contributed by atoms with Crippen LogP contribution < -0.4 is 10.1 Å². The first-order chi connectivity index (χ1) is 9.67. The molecule has 20 heavy (non-hydrogen) atoms. The molecule has 1 heterocycles. The average molecular weight is 276 g/mol. The molecule has 0 fully saturated rings. The van der Waals surface area contributed by atoms with Crippen molar-refractivity contribution in [2.75, 3.05) is 6.61 Å². The number of aliphatic hydroxyl groups excluding tert-OH is 1. The summed E-state index contributed by atoms with van der Waals surface area (Å²) in [5, 5.41) is 11.1. The van der Waals surface area contributed by atoms with E-state index in [0.717, 1.165) is 5.56 Å². The third-order valence-corrected chi connectivity index (χ3v) is 2.47. The van der Waals surface area contributed by atoms with E-state index in [1.807, 2.05) is 0 Å². The van der Waals surface area contributed by atoms with Crippen LogP contribution in [0.25, 0.3) is 0 Å². The van der Waals surface area contributed by atoms with Crippen molar-refractivity contribution >= 4 is 5.91 Å². The van der Waals surface area contributed by atoms with Gasteiger partial charge in [-0.05, 0) is 35.9 Å². The molecule has 5 nitrogen and oxygen atoms in total. The maximum Gasteiger partial charge on any atom is 0.245 e. The van der Waals surface area contributed by atoms with Gasteiger partial charge in [-0.25, -0.2) is 9.37 Å². The third kappa shape index (κ3) is 4.03. The first-order valence-corrected chi connectivity index (χ1v) is 5.93. The van der Waals surface area contributed by atoms with Crippen LogP contribution in [-0.2, 0) is 11.3 Å². The van der Waals surface area contributed by atoms with Crippen molar-refractivity contribution in [3.63, 3.8) is 0 Å². The van der Waals surface area contributed by atoms with Crippen LogP contribution in [0, 0.1) is 5.82 Å².